The minimum absolute atomic E-state index is 0.295. The third-order valence-electron chi connectivity index (χ3n) is 4.53. The SMILES string of the molecule is CC(C)(C)[Si](C)(C)O/C=C/[C@@H](I)C1CCCCC1. The van der Waals surface area contributed by atoms with E-state index in [0.717, 1.165) is 5.92 Å². The fourth-order valence-corrected chi connectivity index (χ4v) is 3.73. The summed E-state index contributed by atoms with van der Waals surface area (Å²) >= 11 is 2.58. The summed E-state index contributed by atoms with van der Waals surface area (Å²) < 4.78 is 6.75. The van der Waals surface area contributed by atoms with E-state index in [2.05, 4.69) is 62.5 Å². The van der Waals surface area contributed by atoms with Crippen LogP contribution in [0.25, 0.3) is 0 Å². The van der Waals surface area contributed by atoms with Gasteiger partial charge in [0.25, 0.3) is 0 Å². The van der Waals surface area contributed by atoms with Gasteiger partial charge in [-0.2, -0.15) is 0 Å². The molecular formula is C15H29IOSi. The lowest BCUT2D eigenvalue weighted by Gasteiger charge is -2.35. The minimum Gasteiger partial charge on any atom is -0.549 e. The smallest absolute Gasteiger partial charge is 0.249 e. The van der Waals surface area contributed by atoms with Crippen LogP contribution in [0.1, 0.15) is 52.9 Å². The van der Waals surface area contributed by atoms with Crippen LogP contribution in [0, 0.1) is 5.92 Å². The number of hydrogen-bond acceptors (Lipinski definition) is 1. The molecule has 1 atom stereocenters. The molecule has 0 heterocycles. The van der Waals surface area contributed by atoms with Crippen molar-refractivity contribution in [3.8, 4) is 0 Å². The Balaban J connectivity index is 2.44. The predicted octanol–water partition coefficient (Wildman–Crippen LogP) is 5.91. The highest BCUT2D eigenvalue weighted by Gasteiger charge is 2.38. The maximum Gasteiger partial charge on any atom is 0.249 e. The number of hydrogen-bond donors (Lipinski definition) is 0. The molecule has 0 radical (unpaired) electrons. The number of allylic oxidation sites excluding steroid dienone is 1. The molecule has 1 aliphatic rings. The molecule has 1 saturated carbocycles. The molecule has 0 unspecified atom stereocenters. The highest BCUT2D eigenvalue weighted by molar-refractivity contribution is 14.1. The van der Waals surface area contributed by atoms with Gasteiger partial charge in [-0.3, -0.25) is 0 Å². The van der Waals surface area contributed by atoms with Gasteiger partial charge < -0.3 is 4.43 Å². The zero-order chi connectivity index (χ0) is 13.8. The molecule has 3 heteroatoms. The molecule has 0 spiro atoms. The van der Waals surface area contributed by atoms with E-state index in [4.69, 9.17) is 4.43 Å². The summed E-state index contributed by atoms with van der Waals surface area (Å²) in [5, 5.41) is 0.295. The molecule has 0 bridgehead atoms. The molecule has 0 N–H and O–H groups in total. The zero-order valence-corrected chi connectivity index (χ0v) is 15.8. The van der Waals surface area contributed by atoms with Crippen molar-refractivity contribution in [2.45, 2.75) is 74.9 Å². The predicted molar refractivity (Wildman–Crippen MR) is 91.8 cm³/mol. The first-order chi connectivity index (χ1) is 8.24. The van der Waals surface area contributed by atoms with Crippen molar-refractivity contribution in [3.63, 3.8) is 0 Å². The highest BCUT2D eigenvalue weighted by Crippen LogP contribution is 2.37. The summed E-state index contributed by atoms with van der Waals surface area (Å²) in [7, 11) is -1.61. The number of rotatable bonds is 4. The minimum atomic E-state index is -1.61. The number of alkyl halides is 1. The summed E-state index contributed by atoms with van der Waals surface area (Å²) in [5.74, 6) is 0.874. The molecule has 0 aromatic rings. The van der Waals surface area contributed by atoms with Gasteiger partial charge in [0.15, 0.2) is 0 Å². The Morgan fingerprint density at radius 3 is 2.22 bits per heavy atom. The van der Waals surface area contributed by atoms with E-state index >= 15 is 0 Å². The van der Waals surface area contributed by atoms with E-state index < -0.39 is 8.32 Å². The normalized spacial score (nSPS) is 21.2. The van der Waals surface area contributed by atoms with E-state index in [1.165, 1.54) is 32.1 Å². The Labute approximate surface area is 128 Å². The quantitative estimate of drug-likeness (QED) is 0.255. The Morgan fingerprint density at radius 1 is 1.17 bits per heavy atom. The fourth-order valence-electron chi connectivity index (χ4n) is 2.07. The standard InChI is InChI=1S/C15H29IOSi/c1-15(2,3)18(4,5)17-12-11-14(16)13-9-7-6-8-10-13/h11-14H,6-10H2,1-5H3/b12-11+/t14-/m1/s1. The molecule has 1 rings (SSSR count). The Morgan fingerprint density at radius 2 is 1.72 bits per heavy atom. The largest absolute Gasteiger partial charge is 0.549 e. The van der Waals surface area contributed by atoms with Gasteiger partial charge >= 0.3 is 0 Å². The monoisotopic (exact) mass is 380 g/mol. The van der Waals surface area contributed by atoms with Crippen LogP contribution < -0.4 is 0 Å². The third-order valence-corrected chi connectivity index (χ3v) is 10.3. The van der Waals surface area contributed by atoms with Crippen molar-refractivity contribution in [1.29, 1.82) is 0 Å². The van der Waals surface area contributed by atoms with Crippen LogP contribution in [0.15, 0.2) is 12.3 Å². The maximum absolute atomic E-state index is 6.11. The molecule has 0 saturated heterocycles. The highest BCUT2D eigenvalue weighted by atomic mass is 127. The lowest BCUT2D eigenvalue weighted by molar-refractivity contribution is 0.369. The van der Waals surface area contributed by atoms with Crippen LogP contribution in [-0.2, 0) is 4.43 Å². The van der Waals surface area contributed by atoms with Crippen LogP contribution in [0.2, 0.25) is 18.1 Å². The Hall–Kier alpha value is 0.487. The topological polar surface area (TPSA) is 9.23 Å². The van der Waals surface area contributed by atoms with Gasteiger partial charge in [-0.05, 0) is 43.0 Å². The van der Waals surface area contributed by atoms with Gasteiger partial charge in [-0.1, -0.05) is 62.6 Å². The third kappa shape index (κ3) is 4.87. The van der Waals surface area contributed by atoms with E-state index in [1.54, 1.807) is 0 Å². The van der Waals surface area contributed by atoms with Gasteiger partial charge in [0.2, 0.25) is 8.32 Å². The molecular weight excluding hydrogens is 351 g/mol. The molecule has 18 heavy (non-hydrogen) atoms. The number of halogens is 1. The van der Waals surface area contributed by atoms with E-state index in [-0.39, 0.29) is 0 Å². The maximum atomic E-state index is 6.11. The lowest BCUT2D eigenvalue weighted by atomic mass is 9.87. The van der Waals surface area contributed by atoms with Gasteiger partial charge in [0, 0.05) is 3.92 Å². The average Bonchev–Trinajstić information content (AvgIpc) is 2.28. The first-order valence-electron chi connectivity index (χ1n) is 7.22. The second-order valence-corrected chi connectivity index (χ2v) is 13.2. The first kappa shape index (κ1) is 16.5. The fraction of sp³-hybridized carbons (Fsp3) is 0.867. The van der Waals surface area contributed by atoms with Crippen LogP contribution in [0.5, 0.6) is 0 Å². The molecule has 0 aliphatic heterocycles. The van der Waals surface area contributed by atoms with Crippen molar-refractivity contribution >= 4 is 30.9 Å². The Bertz CT molecular complexity index is 275. The molecule has 0 aromatic heterocycles. The average molecular weight is 380 g/mol. The summed E-state index contributed by atoms with van der Waals surface area (Å²) in [5.41, 5.74) is 0. The summed E-state index contributed by atoms with van der Waals surface area (Å²) in [4.78, 5) is 0. The van der Waals surface area contributed by atoms with Crippen molar-refractivity contribution in [2.75, 3.05) is 0 Å². The van der Waals surface area contributed by atoms with E-state index in [9.17, 15) is 0 Å². The zero-order valence-electron chi connectivity index (χ0n) is 12.6. The van der Waals surface area contributed by atoms with Gasteiger partial charge in [0.05, 0.1) is 6.26 Å². The van der Waals surface area contributed by atoms with Crippen molar-refractivity contribution in [1.82, 2.24) is 0 Å². The van der Waals surface area contributed by atoms with Crippen molar-refractivity contribution < 1.29 is 4.43 Å². The summed E-state index contributed by atoms with van der Waals surface area (Å²) in [6.07, 6.45) is 11.4. The van der Waals surface area contributed by atoms with E-state index in [0.29, 0.717) is 8.96 Å². The van der Waals surface area contributed by atoms with Crippen molar-refractivity contribution in [3.05, 3.63) is 12.3 Å². The molecule has 1 nitrogen and oxygen atoms in total. The molecule has 1 fully saturated rings. The van der Waals surface area contributed by atoms with Crippen molar-refractivity contribution in [2.24, 2.45) is 5.92 Å². The molecule has 106 valence electrons. The summed E-state index contributed by atoms with van der Waals surface area (Å²) in [6, 6.07) is 0. The van der Waals surface area contributed by atoms with Crippen LogP contribution >= 0.6 is 22.6 Å². The lowest BCUT2D eigenvalue weighted by Crippen LogP contribution is -2.39. The second kappa shape index (κ2) is 6.78. The summed E-state index contributed by atoms with van der Waals surface area (Å²) in [6.45, 7) is 11.5. The van der Waals surface area contributed by atoms with E-state index in [1.807, 2.05) is 6.26 Å². The second-order valence-electron chi connectivity index (χ2n) is 7.05. The first-order valence-corrected chi connectivity index (χ1v) is 11.4. The Kier molecular flexibility index (Phi) is 6.23. The van der Waals surface area contributed by atoms with Crippen LogP contribution in [0.3, 0.4) is 0 Å². The van der Waals surface area contributed by atoms with Gasteiger partial charge in [0.1, 0.15) is 0 Å². The van der Waals surface area contributed by atoms with Crippen LogP contribution in [-0.4, -0.2) is 12.2 Å². The van der Waals surface area contributed by atoms with Gasteiger partial charge in [-0.25, -0.2) is 0 Å². The van der Waals surface area contributed by atoms with Gasteiger partial charge in [-0.15, -0.1) is 0 Å². The molecule has 0 aromatic carbocycles. The van der Waals surface area contributed by atoms with Crippen LogP contribution in [0.4, 0.5) is 0 Å². The molecule has 1 aliphatic carbocycles. The molecule has 0 amide bonds.